The smallest absolute Gasteiger partial charge is 0.278 e. The van der Waals surface area contributed by atoms with Gasteiger partial charge >= 0.3 is 0 Å². The van der Waals surface area contributed by atoms with Crippen molar-refractivity contribution in [2.45, 2.75) is 32.0 Å². The molecule has 0 radical (unpaired) electrons. The van der Waals surface area contributed by atoms with Crippen LogP contribution in [0.15, 0.2) is 0 Å². The molecule has 0 aromatic rings. The van der Waals surface area contributed by atoms with Gasteiger partial charge in [-0.2, -0.15) is 0 Å². The number of aliphatic hydroxyl groups excluding tert-OH is 1. The summed E-state index contributed by atoms with van der Waals surface area (Å²) >= 11 is 0. The van der Waals surface area contributed by atoms with Gasteiger partial charge in [-0.15, -0.1) is 0 Å². The molecule has 4 heteroatoms. The van der Waals surface area contributed by atoms with Gasteiger partial charge in [-0.3, -0.25) is 0 Å². The minimum atomic E-state index is -2.80. The van der Waals surface area contributed by atoms with Gasteiger partial charge in [0.15, 0.2) is 0 Å². The van der Waals surface area contributed by atoms with Gasteiger partial charge < -0.3 is 9.84 Å². The Morgan fingerprint density at radius 3 is 2.18 bits per heavy atom. The summed E-state index contributed by atoms with van der Waals surface area (Å²) < 4.78 is 30.7. The molecular weight excluding hydrogens is 154 g/mol. The van der Waals surface area contributed by atoms with E-state index in [1.54, 1.807) is 0 Å². The molecule has 0 aromatic carbocycles. The van der Waals surface area contributed by atoms with Crippen molar-refractivity contribution in [1.82, 2.24) is 0 Å². The minimum Gasteiger partial charge on any atom is -0.394 e. The molecule has 0 bridgehead atoms. The standard InChI is InChI=1S/C7H12F2O2/c1-4-6(3-10)11-5(2)7(4,8)9/h4-6,10H,3H2,1-2H3/t4-,5?,6-/m1/s1. The van der Waals surface area contributed by atoms with Crippen molar-refractivity contribution in [2.24, 2.45) is 5.92 Å². The van der Waals surface area contributed by atoms with Crippen LogP contribution in [0.25, 0.3) is 0 Å². The average molecular weight is 166 g/mol. The molecule has 0 spiro atoms. The van der Waals surface area contributed by atoms with Crippen LogP contribution in [0.3, 0.4) is 0 Å². The van der Waals surface area contributed by atoms with Crippen LogP contribution >= 0.6 is 0 Å². The molecule has 1 saturated heterocycles. The number of ether oxygens (including phenoxy) is 1. The number of hydrogen-bond donors (Lipinski definition) is 1. The summed E-state index contributed by atoms with van der Waals surface area (Å²) in [5, 5.41) is 8.63. The van der Waals surface area contributed by atoms with Crippen molar-refractivity contribution >= 4 is 0 Å². The number of aliphatic hydroxyl groups is 1. The number of rotatable bonds is 1. The van der Waals surface area contributed by atoms with Gasteiger partial charge in [-0.1, -0.05) is 6.92 Å². The van der Waals surface area contributed by atoms with Crippen LogP contribution in [-0.4, -0.2) is 29.8 Å². The molecule has 0 amide bonds. The highest BCUT2D eigenvalue weighted by molar-refractivity contribution is 4.92. The van der Waals surface area contributed by atoms with Gasteiger partial charge in [0.2, 0.25) is 0 Å². The highest BCUT2D eigenvalue weighted by Gasteiger charge is 2.53. The first-order valence-electron chi connectivity index (χ1n) is 3.64. The predicted octanol–water partition coefficient (Wildman–Crippen LogP) is 1.04. The fourth-order valence-corrected chi connectivity index (χ4v) is 1.29. The minimum absolute atomic E-state index is 0.332. The van der Waals surface area contributed by atoms with Gasteiger partial charge in [0.1, 0.15) is 6.10 Å². The van der Waals surface area contributed by atoms with Crippen molar-refractivity contribution < 1.29 is 18.6 Å². The normalized spacial score (nSPS) is 42.8. The molecule has 66 valence electrons. The van der Waals surface area contributed by atoms with E-state index in [2.05, 4.69) is 0 Å². The number of alkyl halides is 2. The molecule has 11 heavy (non-hydrogen) atoms. The summed E-state index contributed by atoms with van der Waals surface area (Å²) in [5.41, 5.74) is 0. The van der Waals surface area contributed by atoms with E-state index in [0.717, 1.165) is 0 Å². The van der Waals surface area contributed by atoms with Crippen molar-refractivity contribution in [3.05, 3.63) is 0 Å². The van der Waals surface area contributed by atoms with Gasteiger partial charge in [-0.05, 0) is 6.92 Å². The molecule has 3 atom stereocenters. The molecule has 1 N–H and O–H groups in total. The Hall–Kier alpha value is -0.220. The van der Waals surface area contributed by atoms with Crippen LogP contribution < -0.4 is 0 Å². The predicted molar refractivity (Wildman–Crippen MR) is 35.5 cm³/mol. The molecule has 1 rings (SSSR count). The van der Waals surface area contributed by atoms with Crippen LogP contribution in [0.5, 0.6) is 0 Å². The Bertz CT molecular complexity index is 149. The number of halogens is 2. The maximum Gasteiger partial charge on any atom is 0.278 e. The van der Waals surface area contributed by atoms with E-state index in [4.69, 9.17) is 9.84 Å². The van der Waals surface area contributed by atoms with Crippen LogP contribution in [0.4, 0.5) is 8.78 Å². The maximum absolute atomic E-state index is 12.9. The molecule has 1 fully saturated rings. The molecule has 1 aliphatic rings. The molecule has 1 heterocycles. The lowest BCUT2D eigenvalue weighted by Gasteiger charge is -2.17. The maximum atomic E-state index is 12.9. The Kier molecular flexibility index (Phi) is 2.16. The van der Waals surface area contributed by atoms with Crippen LogP contribution in [0.1, 0.15) is 13.8 Å². The van der Waals surface area contributed by atoms with E-state index in [0.29, 0.717) is 0 Å². The van der Waals surface area contributed by atoms with Crippen molar-refractivity contribution in [2.75, 3.05) is 6.61 Å². The van der Waals surface area contributed by atoms with Crippen LogP contribution in [0, 0.1) is 5.92 Å². The summed E-state index contributed by atoms with van der Waals surface area (Å²) in [4.78, 5) is 0. The van der Waals surface area contributed by atoms with Crippen LogP contribution in [0.2, 0.25) is 0 Å². The second-order valence-corrected chi connectivity index (χ2v) is 2.96. The lowest BCUT2D eigenvalue weighted by molar-refractivity contribution is -0.0778. The first-order valence-corrected chi connectivity index (χ1v) is 3.64. The van der Waals surface area contributed by atoms with Crippen molar-refractivity contribution in [1.29, 1.82) is 0 Å². The van der Waals surface area contributed by atoms with Crippen molar-refractivity contribution in [3.63, 3.8) is 0 Å². The summed E-state index contributed by atoms with van der Waals surface area (Å²) in [6, 6.07) is 0. The topological polar surface area (TPSA) is 29.5 Å². The van der Waals surface area contributed by atoms with Gasteiger partial charge in [-0.25, -0.2) is 8.78 Å². The Morgan fingerprint density at radius 2 is 2.00 bits per heavy atom. The molecule has 1 aliphatic heterocycles. The van der Waals surface area contributed by atoms with E-state index in [-0.39, 0.29) is 6.61 Å². The first-order chi connectivity index (χ1) is 5.00. The highest BCUT2D eigenvalue weighted by atomic mass is 19.3. The quantitative estimate of drug-likeness (QED) is 0.630. The van der Waals surface area contributed by atoms with Gasteiger partial charge in [0, 0.05) is 0 Å². The zero-order valence-electron chi connectivity index (χ0n) is 6.55. The molecule has 0 aliphatic carbocycles. The molecule has 0 saturated carbocycles. The molecular formula is C7H12F2O2. The lowest BCUT2D eigenvalue weighted by Crippen LogP contribution is -2.32. The van der Waals surface area contributed by atoms with E-state index >= 15 is 0 Å². The third-order valence-corrected chi connectivity index (χ3v) is 2.27. The summed E-state index contributed by atoms with van der Waals surface area (Å²) in [7, 11) is 0. The van der Waals surface area contributed by atoms with Crippen LogP contribution in [-0.2, 0) is 4.74 Å². The monoisotopic (exact) mass is 166 g/mol. The second kappa shape index (κ2) is 2.68. The van der Waals surface area contributed by atoms with E-state index in [9.17, 15) is 8.78 Å². The van der Waals surface area contributed by atoms with Gasteiger partial charge in [0.05, 0.1) is 18.6 Å². The van der Waals surface area contributed by atoms with E-state index in [1.807, 2.05) is 0 Å². The van der Waals surface area contributed by atoms with Gasteiger partial charge in [0.25, 0.3) is 5.92 Å². The Balaban J connectivity index is 2.71. The highest BCUT2D eigenvalue weighted by Crippen LogP contribution is 2.40. The first kappa shape index (κ1) is 8.87. The Morgan fingerprint density at radius 1 is 1.45 bits per heavy atom. The largest absolute Gasteiger partial charge is 0.394 e. The SMILES string of the molecule is CC1O[C@H](CO)[C@@H](C)C1(F)F. The molecule has 0 aromatic heterocycles. The van der Waals surface area contributed by atoms with E-state index < -0.39 is 24.0 Å². The van der Waals surface area contributed by atoms with Crippen molar-refractivity contribution in [3.8, 4) is 0 Å². The average Bonchev–Trinajstić information content (AvgIpc) is 2.14. The summed E-state index contributed by atoms with van der Waals surface area (Å²) in [6.07, 6.45) is -1.78. The second-order valence-electron chi connectivity index (χ2n) is 2.96. The Labute approximate surface area is 64.2 Å². The fourth-order valence-electron chi connectivity index (χ4n) is 1.29. The number of hydrogen-bond acceptors (Lipinski definition) is 2. The lowest BCUT2D eigenvalue weighted by atomic mass is 9.98. The summed E-state index contributed by atoms with van der Waals surface area (Å²) in [5.74, 6) is -3.68. The zero-order valence-corrected chi connectivity index (χ0v) is 6.55. The summed E-state index contributed by atoms with van der Waals surface area (Å²) in [6.45, 7) is 2.39. The molecule has 1 unspecified atom stereocenters. The third kappa shape index (κ3) is 1.25. The molecule has 2 nitrogen and oxygen atoms in total. The zero-order chi connectivity index (χ0) is 8.65. The van der Waals surface area contributed by atoms with E-state index in [1.165, 1.54) is 13.8 Å². The fraction of sp³-hybridized carbons (Fsp3) is 1.00. The third-order valence-electron chi connectivity index (χ3n) is 2.27.